The van der Waals surface area contributed by atoms with Gasteiger partial charge in [-0.3, -0.25) is 4.79 Å². The molecule has 1 heterocycles. The Morgan fingerprint density at radius 1 is 1.35 bits per heavy atom. The monoisotopic (exact) mass is 368 g/mol. The molecule has 3 N–H and O–H groups in total. The molecule has 26 heavy (non-hydrogen) atoms. The third-order valence-electron chi connectivity index (χ3n) is 3.67. The summed E-state index contributed by atoms with van der Waals surface area (Å²) in [5.74, 6) is 0.507. The zero-order valence-corrected chi connectivity index (χ0v) is 15.3. The number of unbranched alkanes of at least 4 members (excludes halogenated alkanes) is 1. The Labute approximate surface area is 155 Å². The molecule has 0 aliphatic heterocycles. The predicted molar refractivity (Wildman–Crippen MR) is 106 cm³/mol. The molecule has 2 aromatic carbocycles. The van der Waals surface area contributed by atoms with Gasteiger partial charge in [0.05, 0.1) is 23.0 Å². The van der Waals surface area contributed by atoms with E-state index in [0.717, 1.165) is 34.4 Å². The van der Waals surface area contributed by atoms with Gasteiger partial charge in [0.2, 0.25) is 0 Å². The smallest absolute Gasteiger partial charge is 0.271 e. The summed E-state index contributed by atoms with van der Waals surface area (Å²) in [4.78, 5) is 16.4. The minimum atomic E-state index is -0.287. The Kier molecular flexibility index (Phi) is 5.80. The maximum atomic E-state index is 12.2. The molecule has 0 unspecified atom stereocenters. The van der Waals surface area contributed by atoms with Crippen LogP contribution in [0.5, 0.6) is 5.75 Å². The fourth-order valence-electron chi connectivity index (χ4n) is 2.33. The number of hydrogen-bond acceptors (Lipinski definition) is 6. The second kappa shape index (κ2) is 8.44. The number of thiazole rings is 1. The van der Waals surface area contributed by atoms with Gasteiger partial charge >= 0.3 is 0 Å². The molecule has 1 amide bonds. The van der Waals surface area contributed by atoms with Crippen LogP contribution in [0.3, 0.4) is 0 Å². The molecule has 1 aromatic heterocycles. The van der Waals surface area contributed by atoms with Gasteiger partial charge < -0.3 is 10.5 Å². The molecule has 0 saturated carbocycles. The standard InChI is InChI=1S/C19H20N4O2S/c1-2-3-9-25-15-6-4-5-13(10-15)12-21-23-18(24)14-7-8-16-17(11-14)26-19(20)22-16/h4-8,10-12H,2-3,9H2,1H3,(H2,20,22)(H,23,24)/b21-12-. The van der Waals surface area contributed by atoms with Gasteiger partial charge in [-0.05, 0) is 42.3 Å². The third kappa shape index (κ3) is 4.58. The average molecular weight is 368 g/mol. The van der Waals surface area contributed by atoms with Gasteiger partial charge in [-0.2, -0.15) is 5.10 Å². The molecule has 134 valence electrons. The van der Waals surface area contributed by atoms with Crippen molar-refractivity contribution in [3.05, 3.63) is 53.6 Å². The molecule has 6 nitrogen and oxygen atoms in total. The van der Waals surface area contributed by atoms with E-state index in [2.05, 4.69) is 22.4 Å². The number of hydrazone groups is 1. The van der Waals surface area contributed by atoms with Crippen molar-refractivity contribution in [2.45, 2.75) is 19.8 Å². The van der Waals surface area contributed by atoms with Crippen molar-refractivity contribution in [3.63, 3.8) is 0 Å². The first-order valence-electron chi connectivity index (χ1n) is 8.38. The second-order valence-corrected chi connectivity index (χ2v) is 6.77. The minimum Gasteiger partial charge on any atom is -0.494 e. The molecule has 0 bridgehead atoms. The SMILES string of the molecule is CCCCOc1cccc(/C=N\NC(=O)c2ccc3nc(N)sc3c2)c1. The molecule has 3 rings (SSSR count). The summed E-state index contributed by atoms with van der Waals surface area (Å²) < 4.78 is 6.53. The number of rotatable bonds is 7. The van der Waals surface area contributed by atoms with E-state index < -0.39 is 0 Å². The number of nitrogens with zero attached hydrogens (tertiary/aromatic N) is 2. The van der Waals surface area contributed by atoms with Crippen LogP contribution in [-0.2, 0) is 0 Å². The maximum absolute atomic E-state index is 12.2. The first kappa shape index (κ1) is 17.9. The first-order chi connectivity index (χ1) is 12.7. The van der Waals surface area contributed by atoms with Crippen molar-refractivity contribution in [2.75, 3.05) is 12.3 Å². The highest BCUT2D eigenvalue weighted by Gasteiger charge is 2.08. The van der Waals surface area contributed by atoms with Gasteiger partial charge in [0.15, 0.2) is 5.13 Å². The fourth-order valence-corrected chi connectivity index (χ4v) is 3.11. The summed E-state index contributed by atoms with van der Waals surface area (Å²) in [5, 5.41) is 4.51. The van der Waals surface area contributed by atoms with E-state index in [1.165, 1.54) is 11.3 Å². The van der Waals surface area contributed by atoms with E-state index in [-0.39, 0.29) is 5.91 Å². The number of ether oxygens (including phenoxy) is 1. The third-order valence-corrected chi connectivity index (χ3v) is 4.52. The summed E-state index contributed by atoms with van der Waals surface area (Å²) in [7, 11) is 0. The van der Waals surface area contributed by atoms with E-state index in [9.17, 15) is 4.79 Å². The van der Waals surface area contributed by atoms with Crippen LogP contribution in [0.1, 0.15) is 35.7 Å². The van der Waals surface area contributed by atoms with Crippen molar-refractivity contribution in [1.29, 1.82) is 0 Å². The number of amides is 1. The van der Waals surface area contributed by atoms with Crippen molar-refractivity contribution < 1.29 is 9.53 Å². The van der Waals surface area contributed by atoms with Gasteiger partial charge in [-0.1, -0.05) is 36.8 Å². The second-order valence-electron chi connectivity index (χ2n) is 5.71. The van der Waals surface area contributed by atoms with Crippen LogP contribution in [0.25, 0.3) is 10.2 Å². The summed E-state index contributed by atoms with van der Waals surface area (Å²) in [6, 6.07) is 12.8. The summed E-state index contributed by atoms with van der Waals surface area (Å²) in [6.45, 7) is 2.81. The van der Waals surface area contributed by atoms with Gasteiger partial charge in [-0.25, -0.2) is 10.4 Å². The normalized spacial score (nSPS) is 11.1. The van der Waals surface area contributed by atoms with Crippen LogP contribution < -0.4 is 15.9 Å². The maximum Gasteiger partial charge on any atom is 0.271 e. The minimum absolute atomic E-state index is 0.287. The predicted octanol–water partition coefficient (Wildman–Crippen LogP) is 3.82. The van der Waals surface area contributed by atoms with Crippen molar-refractivity contribution >= 4 is 38.8 Å². The highest BCUT2D eigenvalue weighted by atomic mass is 32.1. The molecule has 0 saturated heterocycles. The van der Waals surface area contributed by atoms with Crippen LogP contribution in [0.2, 0.25) is 0 Å². The largest absolute Gasteiger partial charge is 0.494 e. The van der Waals surface area contributed by atoms with Crippen molar-refractivity contribution in [1.82, 2.24) is 10.4 Å². The summed E-state index contributed by atoms with van der Waals surface area (Å²) >= 11 is 1.35. The number of carbonyl (C=O) groups excluding carboxylic acids is 1. The number of fused-ring (bicyclic) bond motifs is 1. The average Bonchev–Trinajstić information content (AvgIpc) is 3.01. The fraction of sp³-hybridized carbons (Fsp3) is 0.211. The number of benzene rings is 2. The number of nitrogens with one attached hydrogen (secondary N) is 1. The van der Waals surface area contributed by atoms with E-state index in [1.807, 2.05) is 24.3 Å². The molecule has 7 heteroatoms. The Bertz CT molecular complexity index is 936. The lowest BCUT2D eigenvalue weighted by Gasteiger charge is -2.05. The van der Waals surface area contributed by atoms with Crippen LogP contribution in [0, 0.1) is 0 Å². The Balaban J connectivity index is 1.61. The Hall–Kier alpha value is -2.93. The molecule has 0 atom stereocenters. The zero-order chi connectivity index (χ0) is 18.4. The molecule has 0 fully saturated rings. The molecular weight excluding hydrogens is 348 g/mol. The van der Waals surface area contributed by atoms with Crippen LogP contribution in [-0.4, -0.2) is 23.7 Å². The van der Waals surface area contributed by atoms with Crippen molar-refractivity contribution in [2.24, 2.45) is 5.10 Å². The summed E-state index contributed by atoms with van der Waals surface area (Å²) in [5.41, 5.74) is 10.4. The number of anilines is 1. The quantitative estimate of drug-likeness (QED) is 0.377. The van der Waals surface area contributed by atoms with Gasteiger partial charge in [-0.15, -0.1) is 0 Å². The van der Waals surface area contributed by atoms with Crippen LogP contribution in [0.15, 0.2) is 47.6 Å². The number of nitrogens with two attached hydrogens (primary N) is 1. The van der Waals surface area contributed by atoms with E-state index in [4.69, 9.17) is 10.5 Å². The highest BCUT2D eigenvalue weighted by Crippen LogP contribution is 2.24. The lowest BCUT2D eigenvalue weighted by atomic mass is 10.2. The molecule has 0 spiro atoms. The van der Waals surface area contributed by atoms with E-state index >= 15 is 0 Å². The first-order valence-corrected chi connectivity index (χ1v) is 9.19. The molecular formula is C19H20N4O2S. The van der Waals surface area contributed by atoms with Crippen molar-refractivity contribution in [3.8, 4) is 5.75 Å². The topological polar surface area (TPSA) is 89.6 Å². The Morgan fingerprint density at radius 2 is 2.23 bits per heavy atom. The van der Waals surface area contributed by atoms with Crippen LogP contribution in [0.4, 0.5) is 5.13 Å². The number of carbonyl (C=O) groups is 1. The van der Waals surface area contributed by atoms with E-state index in [1.54, 1.807) is 24.4 Å². The molecule has 0 aliphatic carbocycles. The summed E-state index contributed by atoms with van der Waals surface area (Å²) in [6.07, 6.45) is 3.70. The van der Waals surface area contributed by atoms with Gasteiger partial charge in [0.25, 0.3) is 5.91 Å². The lowest BCUT2D eigenvalue weighted by molar-refractivity contribution is 0.0955. The number of nitrogen functional groups attached to an aromatic ring is 1. The highest BCUT2D eigenvalue weighted by molar-refractivity contribution is 7.22. The van der Waals surface area contributed by atoms with E-state index in [0.29, 0.717) is 17.3 Å². The lowest BCUT2D eigenvalue weighted by Crippen LogP contribution is -2.17. The van der Waals surface area contributed by atoms with Crippen LogP contribution >= 0.6 is 11.3 Å². The molecule has 3 aromatic rings. The molecule has 0 aliphatic rings. The zero-order valence-electron chi connectivity index (χ0n) is 14.4. The number of aromatic nitrogens is 1. The molecule has 0 radical (unpaired) electrons. The van der Waals surface area contributed by atoms with Gasteiger partial charge in [0, 0.05) is 5.56 Å². The number of hydrogen-bond donors (Lipinski definition) is 2. The Morgan fingerprint density at radius 3 is 3.08 bits per heavy atom. The van der Waals surface area contributed by atoms with Gasteiger partial charge in [0.1, 0.15) is 5.75 Å².